The van der Waals surface area contributed by atoms with Gasteiger partial charge in [-0.3, -0.25) is 0 Å². The van der Waals surface area contributed by atoms with Crippen molar-refractivity contribution in [1.29, 1.82) is 0 Å². The number of hydrogen-bond acceptors (Lipinski definition) is 2. The molecule has 92 valence electrons. The summed E-state index contributed by atoms with van der Waals surface area (Å²) in [6.45, 7) is 0. The van der Waals surface area contributed by atoms with Gasteiger partial charge in [-0.1, -0.05) is 0 Å². The Labute approximate surface area is 114 Å². The van der Waals surface area contributed by atoms with E-state index in [0.29, 0.717) is 11.1 Å². The second-order valence-corrected chi connectivity index (χ2v) is 5.40. The molecule has 0 bridgehead atoms. The Kier molecular flexibility index (Phi) is 3.55. The molecule has 2 aromatic carbocycles. The number of aliphatic hydroxyl groups is 1. The molecule has 2 atom stereocenters. The second-order valence-electron chi connectivity index (χ2n) is 4.00. The standard InChI is InChI=1S/C14H13AsO3/c15-12-8-6-11(7-9-12)14(18,13(16)17)10-4-2-1-3-5-10/h1-9,18H,15H2,(H,16,17). The fourth-order valence-electron chi connectivity index (χ4n) is 1.82. The first kappa shape index (κ1) is 12.9. The molecule has 2 aromatic rings. The zero-order valence-corrected chi connectivity index (χ0v) is 12.0. The second kappa shape index (κ2) is 4.97. The van der Waals surface area contributed by atoms with Crippen LogP contribution < -0.4 is 4.35 Å². The maximum absolute atomic E-state index is 11.5. The Balaban J connectivity index is 2.58. The maximum atomic E-state index is 11.5. The summed E-state index contributed by atoms with van der Waals surface area (Å²) in [7, 11) is 0. The van der Waals surface area contributed by atoms with Gasteiger partial charge in [-0.2, -0.15) is 0 Å². The molecule has 0 aliphatic rings. The van der Waals surface area contributed by atoms with Crippen molar-refractivity contribution in [1.82, 2.24) is 0 Å². The van der Waals surface area contributed by atoms with Crippen LogP contribution in [0.25, 0.3) is 0 Å². The Morgan fingerprint density at radius 1 is 0.944 bits per heavy atom. The average molecular weight is 304 g/mol. The van der Waals surface area contributed by atoms with E-state index < -0.39 is 11.6 Å². The molecule has 2 N–H and O–H groups in total. The van der Waals surface area contributed by atoms with Gasteiger partial charge in [0.05, 0.1) is 0 Å². The SMILES string of the molecule is O=C(O)C(O)(c1ccccc1)c1ccc([AsH2])cc1. The van der Waals surface area contributed by atoms with Crippen LogP contribution >= 0.6 is 0 Å². The summed E-state index contributed by atoms with van der Waals surface area (Å²) in [4.78, 5) is 11.5. The molecule has 0 amide bonds. The van der Waals surface area contributed by atoms with Crippen LogP contribution in [0.2, 0.25) is 0 Å². The fraction of sp³-hybridized carbons (Fsp3) is 0.0714. The van der Waals surface area contributed by atoms with E-state index >= 15 is 0 Å². The van der Waals surface area contributed by atoms with Gasteiger partial charge >= 0.3 is 114 Å². The van der Waals surface area contributed by atoms with Crippen molar-refractivity contribution < 1.29 is 15.0 Å². The van der Waals surface area contributed by atoms with Gasteiger partial charge in [-0.05, 0) is 0 Å². The van der Waals surface area contributed by atoms with Gasteiger partial charge in [0.15, 0.2) is 0 Å². The molecular weight excluding hydrogens is 291 g/mol. The molecule has 0 radical (unpaired) electrons. The third-order valence-corrected chi connectivity index (χ3v) is 3.64. The van der Waals surface area contributed by atoms with Gasteiger partial charge in [0, 0.05) is 0 Å². The monoisotopic (exact) mass is 304 g/mol. The van der Waals surface area contributed by atoms with Gasteiger partial charge in [0.1, 0.15) is 0 Å². The third kappa shape index (κ3) is 2.20. The zero-order valence-electron chi connectivity index (χ0n) is 9.58. The molecule has 2 unspecified atom stereocenters. The number of carboxylic acid groups (broad SMARTS) is 1. The van der Waals surface area contributed by atoms with Crippen LogP contribution in [-0.2, 0) is 10.4 Å². The topological polar surface area (TPSA) is 57.5 Å². The van der Waals surface area contributed by atoms with Crippen LogP contribution in [-0.4, -0.2) is 33.0 Å². The van der Waals surface area contributed by atoms with E-state index in [1.54, 1.807) is 42.5 Å². The van der Waals surface area contributed by atoms with E-state index in [-0.39, 0.29) is 0 Å². The predicted molar refractivity (Wildman–Crippen MR) is 71.7 cm³/mol. The van der Waals surface area contributed by atoms with Crippen molar-refractivity contribution in [3.8, 4) is 0 Å². The molecule has 3 nitrogen and oxygen atoms in total. The first-order valence-corrected chi connectivity index (χ1v) is 6.63. The fourth-order valence-corrected chi connectivity index (χ4v) is 2.22. The van der Waals surface area contributed by atoms with Crippen LogP contribution in [0.1, 0.15) is 11.1 Å². The molecule has 0 saturated heterocycles. The number of carboxylic acids is 1. The quantitative estimate of drug-likeness (QED) is 0.800. The Morgan fingerprint density at radius 3 is 1.94 bits per heavy atom. The predicted octanol–water partition coefficient (Wildman–Crippen LogP) is 0.266. The first-order chi connectivity index (χ1) is 8.55. The molecule has 0 aliphatic heterocycles. The number of carbonyl (C=O) groups is 1. The molecule has 4 heteroatoms. The van der Waals surface area contributed by atoms with E-state index in [0.717, 1.165) is 4.35 Å². The number of hydrogen-bond donors (Lipinski definition) is 2. The van der Waals surface area contributed by atoms with Gasteiger partial charge in [-0.25, -0.2) is 0 Å². The van der Waals surface area contributed by atoms with Crippen LogP contribution in [0, 0.1) is 0 Å². The van der Waals surface area contributed by atoms with E-state index in [2.05, 4.69) is 0 Å². The molecule has 0 aromatic heterocycles. The van der Waals surface area contributed by atoms with Crippen molar-refractivity contribution in [2.45, 2.75) is 5.60 Å². The van der Waals surface area contributed by atoms with Crippen LogP contribution in [0.15, 0.2) is 54.6 Å². The molecule has 0 heterocycles. The molecule has 0 aliphatic carbocycles. The average Bonchev–Trinajstić information content (AvgIpc) is 2.39. The van der Waals surface area contributed by atoms with Crippen molar-refractivity contribution in [3.63, 3.8) is 0 Å². The Bertz CT molecular complexity index is 551. The molecule has 0 spiro atoms. The number of benzene rings is 2. The molecule has 18 heavy (non-hydrogen) atoms. The summed E-state index contributed by atoms with van der Waals surface area (Å²) in [5.41, 5.74) is -1.28. The molecule has 0 saturated carbocycles. The van der Waals surface area contributed by atoms with Gasteiger partial charge in [0.2, 0.25) is 0 Å². The van der Waals surface area contributed by atoms with E-state index in [4.69, 9.17) is 0 Å². The summed E-state index contributed by atoms with van der Waals surface area (Å²) in [5, 5.41) is 19.9. The van der Waals surface area contributed by atoms with Crippen LogP contribution in [0.3, 0.4) is 0 Å². The minimum atomic E-state index is -2.00. The van der Waals surface area contributed by atoms with E-state index in [9.17, 15) is 15.0 Å². The van der Waals surface area contributed by atoms with Gasteiger partial charge in [0.25, 0.3) is 0 Å². The van der Waals surface area contributed by atoms with Crippen molar-refractivity contribution in [2.75, 3.05) is 0 Å². The van der Waals surface area contributed by atoms with Crippen molar-refractivity contribution >= 4 is 27.2 Å². The molecule has 2 rings (SSSR count). The van der Waals surface area contributed by atoms with Crippen molar-refractivity contribution in [3.05, 3.63) is 65.7 Å². The minimum absolute atomic E-state index is 0.354. The van der Waals surface area contributed by atoms with Crippen LogP contribution in [0.4, 0.5) is 0 Å². The summed E-state index contributed by atoms with van der Waals surface area (Å²) >= 11 is 1.45. The van der Waals surface area contributed by atoms with Gasteiger partial charge < -0.3 is 0 Å². The summed E-state index contributed by atoms with van der Waals surface area (Å²) in [6.07, 6.45) is 0. The zero-order chi connectivity index (χ0) is 13.2. The van der Waals surface area contributed by atoms with E-state index in [1.165, 1.54) is 16.9 Å². The first-order valence-electron chi connectivity index (χ1n) is 5.42. The third-order valence-electron chi connectivity index (χ3n) is 2.83. The van der Waals surface area contributed by atoms with Crippen molar-refractivity contribution in [2.24, 2.45) is 0 Å². The Morgan fingerprint density at radius 2 is 1.44 bits per heavy atom. The summed E-state index contributed by atoms with van der Waals surface area (Å²) < 4.78 is 1.08. The van der Waals surface area contributed by atoms with Crippen LogP contribution in [0.5, 0.6) is 0 Å². The summed E-state index contributed by atoms with van der Waals surface area (Å²) in [6, 6.07) is 15.3. The number of aliphatic carboxylic acids is 1. The Hall–Kier alpha value is -1.57. The molecular formula is C14H13AsO3. The van der Waals surface area contributed by atoms with Gasteiger partial charge in [-0.15, -0.1) is 0 Å². The summed E-state index contributed by atoms with van der Waals surface area (Å²) in [5.74, 6) is -1.27. The van der Waals surface area contributed by atoms with E-state index in [1.807, 2.05) is 12.1 Å². The normalized spacial score (nSPS) is 13.9. The number of rotatable bonds is 3. The molecule has 0 fully saturated rings.